The third-order valence-corrected chi connectivity index (χ3v) is 11.1. The van der Waals surface area contributed by atoms with E-state index in [1.807, 2.05) is 84.7 Å². The fourth-order valence-corrected chi connectivity index (χ4v) is 9.88. The second kappa shape index (κ2) is 7.61. The molecule has 0 heterocycles. The summed E-state index contributed by atoms with van der Waals surface area (Å²) in [6.07, 6.45) is 18.4. The maximum absolute atomic E-state index is 12.3. The van der Waals surface area contributed by atoms with Crippen LogP contribution in [0.25, 0.3) is 12.2 Å². The van der Waals surface area contributed by atoms with Gasteiger partial charge in [-0.05, 0) is 0 Å². The molecule has 0 radical (unpaired) electrons. The zero-order valence-corrected chi connectivity index (χ0v) is 16.9. The number of carbonyl (C=O) groups is 2. The fourth-order valence-electron chi connectivity index (χ4n) is 4.02. The van der Waals surface area contributed by atoms with Crippen LogP contribution in [0.15, 0.2) is 60.7 Å². The van der Waals surface area contributed by atoms with E-state index in [0.717, 1.165) is 22.3 Å². The maximum atomic E-state index is 12.3. The molecular formula is C24H16O4Ti. The van der Waals surface area contributed by atoms with Crippen LogP contribution in [0.1, 0.15) is 30.7 Å². The Morgan fingerprint density at radius 1 is 0.759 bits per heavy atom. The molecule has 0 aliphatic heterocycles. The number of fused-ring (bicyclic) bond motifs is 2. The van der Waals surface area contributed by atoms with Gasteiger partial charge in [-0.15, -0.1) is 0 Å². The molecule has 4 nitrogen and oxygen atoms in total. The van der Waals surface area contributed by atoms with Crippen LogP contribution in [0.2, 0.25) is 0 Å². The van der Waals surface area contributed by atoms with E-state index in [9.17, 15) is 9.59 Å². The molecule has 0 fully saturated rings. The van der Waals surface area contributed by atoms with Gasteiger partial charge >= 0.3 is 174 Å². The molecule has 140 valence electrons. The number of benzene rings is 2. The van der Waals surface area contributed by atoms with Gasteiger partial charge in [-0.2, -0.15) is 0 Å². The Bertz CT molecular complexity index is 1050. The first-order valence-electron chi connectivity index (χ1n) is 9.02. The van der Waals surface area contributed by atoms with E-state index >= 15 is 0 Å². The molecule has 0 saturated carbocycles. The summed E-state index contributed by atoms with van der Waals surface area (Å²) in [7, 11) is 0. The van der Waals surface area contributed by atoms with E-state index in [2.05, 4.69) is 0 Å². The first-order valence-corrected chi connectivity index (χ1v) is 12.1. The van der Waals surface area contributed by atoms with Gasteiger partial charge in [0.1, 0.15) is 0 Å². The Kier molecular flexibility index (Phi) is 4.99. The van der Waals surface area contributed by atoms with E-state index in [4.69, 9.17) is 19.5 Å². The molecule has 0 bridgehead atoms. The number of rotatable bonds is 4. The Labute approximate surface area is 173 Å². The van der Waals surface area contributed by atoms with Gasteiger partial charge in [0, 0.05) is 0 Å². The predicted octanol–water partition coefficient (Wildman–Crippen LogP) is 3.86. The zero-order valence-electron chi connectivity index (χ0n) is 15.4. The van der Waals surface area contributed by atoms with Crippen molar-refractivity contribution in [1.29, 1.82) is 0 Å². The van der Waals surface area contributed by atoms with Crippen LogP contribution < -0.4 is 0 Å². The molecule has 0 spiro atoms. The molecule has 2 aliphatic carbocycles. The van der Waals surface area contributed by atoms with Crippen LogP contribution in [0.5, 0.6) is 0 Å². The summed E-state index contributed by atoms with van der Waals surface area (Å²) >= 11 is -4.46. The molecular weight excluding hydrogens is 400 g/mol. The second-order valence-electron chi connectivity index (χ2n) is 6.72. The number of allylic oxidation sites excluding steroid dienone is 2. The van der Waals surface area contributed by atoms with E-state index in [1.165, 1.54) is 0 Å². The van der Waals surface area contributed by atoms with E-state index in [1.54, 1.807) is 0 Å². The number of terminal acetylenes is 2. The zero-order chi connectivity index (χ0) is 20.4. The van der Waals surface area contributed by atoms with Gasteiger partial charge in [0.25, 0.3) is 0 Å². The van der Waals surface area contributed by atoms with Crippen molar-refractivity contribution in [3.05, 3.63) is 82.9 Å². The SMILES string of the molecule is C#CC(=O)[O][Ti]([O]C(=O)C#C)([CH]1C=Cc2ccccc21)[CH]1C=Cc2ccccc21. The second-order valence-corrected chi connectivity index (χ2v) is 11.6. The molecule has 5 heteroatoms. The summed E-state index contributed by atoms with van der Waals surface area (Å²) in [5.74, 6) is 2.29. The van der Waals surface area contributed by atoms with E-state index < -0.39 is 37.7 Å². The first kappa shape index (κ1) is 19.0. The minimum absolute atomic E-state index is 0.401. The summed E-state index contributed by atoms with van der Waals surface area (Å²) in [6, 6.07) is 15.5. The van der Waals surface area contributed by atoms with Gasteiger partial charge in [-0.25, -0.2) is 0 Å². The van der Waals surface area contributed by atoms with Crippen LogP contribution in [-0.4, -0.2) is 11.9 Å². The van der Waals surface area contributed by atoms with Gasteiger partial charge in [-0.3, -0.25) is 0 Å². The van der Waals surface area contributed by atoms with Gasteiger partial charge in [0.2, 0.25) is 0 Å². The van der Waals surface area contributed by atoms with Gasteiger partial charge < -0.3 is 0 Å². The molecule has 2 unspecified atom stereocenters. The number of hydrogen-bond donors (Lipinski definition) is 0. The monoisotopic (exact) mass is 416 g/mol. The summed E-state index contributed by atoms with van der Waals surface area (Å²) in [5.41, 5.74) is 3.83. The van der Waals surface area contributed by atoms with Crippen LogP contribution >= 0.6 is 0 Å². The molecule has 0 amide bonds. The molecule has 2 atom stereocenters. The van der Waals surface area contributed by atoms with Crippen molar-refractivity contribution in [2.45, 2.75) is 8.45 Å². The first-order chi connectivity index (χ1) is 14.1. The Hall–Kier alpha value is -3.31. The van der Waals surface area contributed by atoms with Gasteiger partial charge in [0.15, 0.2) is 0 Å². The Morgan fingerprint density at radius 2 is 1.17 bits per heavy atom. The topological polar surface area (TPSA) is 52.6 Å². The molecule has 2 aliphatic rings. The van der Waals surface area contributed by atoms with Crippen molar-refractivity contribution in [2.24, 2.45) is 0 Å². The molecule has 0 saturated heterocycles. The predicted molar refractivity (Wildman–Crippen MR) is 106 cm³/mol. The number of carbonyl (C=O) groups excluding carboxylic acids is 2. The average Bonchev–Trinajstić information content (AvgIpc) is 3.38. The summed E-state index contributed by atoms with van der Waals surface area (Å²) in [4.78, 5) is 24.7. The van der Waals surface area contributed by atoms with Crippen molar-refractivity contribution >= 4 is 24.1 Å². The van der Waals surface area contributed by atoms with E-state index in [0.29, 0.717) is 0 Å². The van der Waals surface area contributed by atoms with Gasteiger partial charge in [-0.1, -0.05) is 0 Å². The minimum atomic E-state index is -4.46. The van der Waals surface area contributed by atoms with E-state index in [-0.39, 0.29) is 0 Å². The van der Waals surface area contributed by atoms with Crippen molar-refractivity contribution in [1.82, 2.24) is 0 Å². The summed E-state index contributed by atoms with van der Waals surface area (Å²) < 4.78 is 11.0. The summed E-state index contributed by atoms with van der Waals surface area (Å²) in [5, 5.41) is 0. The third kappa shape index (κ3) is 3.24. The molecule has 0 aromatic heterocycles. The molecule has 2 aromatic rings. The number of hydrogen-bond acceptors (Lipinski definition) is 4. The quantitative estimate of drug-likeness (QED) is 0.561. The Morgan fingerprint density at radius 3 is 1.59 bits per heavy atom. The van der Waals surface area contributed by atoms with Crippen LogP contribution in [0, 0.1) is 24.7 Å². The average molecular weight is 416 g/mol. The summed E-state index contributed by atoms with van der Waals surface area (Å²) in [6.45, 7) is 0. The van der Waals surface area contributed by atoms with Crippen molar-refractivity contribution in [3.8, 4) is 24.7 Å². The standard InChI is InChI=1S/2C9H7.2C3H2O2.Ti/c2*1-2-5-9-7-3-6-8(9)4-1;2*1-2-3(4)5;/h2*1-7H;2*1H,(H,4,5);/q;;;;+2/p-2. The van der Waals surface area contributed by atoms with Crippen LogP contribution in [0.4, 0.5) is 0 Å². The fraction of sp³-hybridized carbons (Fsp3) is 0.0833. The van der Waals surface area contributed by atoms with Crippen LogP contribution in [-0.2, 0) is 33.6 Å². The van der Waals surface area contributed by atoms with Crippen LogP contribution in [0.3, 0.4) is 0 Å². The van der Waals surface area contributed by atoms with Crippen molar-refractivity contribution < 1.29 is 33.6 Å². The van der Waals surface area contributed by atoms with Crippen molar-refractivity contribution in [2.75, 3.05) is 0 Å². The molecule has 4 rings (SSSR count). The molecule has 2 aromatic carbocycles. The van der Waals surface area contributed by atoms with Crippen molar-refractivity contribution in [3.63, 3.8) is 0 Å². The molecule has 29 heavy (non-hydrogen) atoms. The normalized spacial score (nSPS) is 18.3. The third-order valence-electron chi connectivity index (χ3n) is 5.21. The van der Waals surface area contributed by atoms with Gasteiger partial charge in [0.05, 0.1) is 0 Å². The Balaban J connectivity index is 1.93. The molecule has 0 N–H and O–H groups in total.